The summed E-state index contributed by atoms with van der Waals surface area (Å²) in [5.74, 6) is 0.802. The third-order valence-corrected chi connectivity index (χ3v) is 6.74. The van der Waals surface area contributed by atoms with Crippen LogP contribution in [0.1, 0.15) is 24.5 Å². The van der Waals surface area contributed by atoms with Gasteiger partial charge >= 0.3 is 5.97 Å². The van der Waals surface area contributed by atoms with Gasteiger partial charge < -0.3 is 14.6 Å². The summed E-state index contributed by atoms with van der Waals surface area (Å²) in [5, 5.41) is 10.6. The number of rotatable bonds is 6. The molecular formula is C22H23Cl2NO4. The number of fused-ring (bicyclic) bond motifs is 1. The van der Waals surface area contributed by atoms with Gasteiger partial charge in [-0.3, -0.25) is 9.69 Å². The molecule has 1 atom stereocenters. The normalized spacial score (nSPS) is 20.3. The highest BCUT2D eigenvalue weighted by molar-refractivity contribution is 6.35. The molecule has 1 unspecified atom stereocenters. The molecule has 5 nitrogen and oxygen atoms in total. The van der Waals surface area contributed by atoms with Gasteiger partial charge in [-0.2, -0.15) is 0 Å². The van der Waals surface area contributed by atoms with Crippen LogP contribution in [-0.4, -0.2) is 41.7 Å². The van der Waals surface area contributed by atoms with Crippen LogP contribution in [0.25, 0.3) is 0 Å². The second-order valence-corrected chi connectivity index (χ2v) is 8.59. The zero-order chi connectivity index (χ0) is 20.6. The van der Waals surface area contributed by atoms with Crippen molar-refractivity contribution < 1.29 is 19.4 Å². The minimum atomic E-state index is -0.700. The average Bonchev–Trinajstić information content (AvgIpc) is 2.67. The Bertz CT molecular complexity index is 907. The summed E-state index contributed by atoms with van der Waals surface area (Å²) in [6, 6.07) is 11.4. The monoisotopic (exact) mass is 435 g/mol. The lowest BCUT2D eigenvalue weighted by atomic mass is 9.76. The molecule has 1 fully saturated rings. The van der Waals surface area contributed by atoms with Gasteiger partial charge in [0.1, 0.15) is 24.7 Å². The quantitative estimate of drug-likeness (QED) is 0.713. The van der Waals surface area contributed by atoms with Gasteiger partial charge in [0.2, 0.25) is 0 Å². The van der Waals surface area contributed by atoms with E-state index in [2.05, 4.69) is 4.90 Å². The van der Waals surface area contributed by atoms with Crippen LogP contribution < -0.4 is 9.47 Å². The number of benzene rings is 2. The van der Waals surface area contributed by atoms with E-state index in [-0.39, 0.29) is 12.6 Å². The standard InChI is InChI=1S/C22H23Cl2NO4/c1-2-22(21(26)27)12-25(13-22)15-8-14-6-7-16(9-20(14)29-10-15)28-11-17-18(23)4-3-5-19(17)24/h3-7,9,15H,2,8,10-13H2,1H3,(H,26,27). The molecule has 2 aliphatic rings. The zero-order valence-electron chi connectivity index (χ0n) is 16.2. The lowest BCUT2D eigenvalue weighted by Crippen LogP contribution is -2.64. The summed E-state index contributed by atoms with van der Waals surface area (Å²) in [7, 11) is 0. The molecule has 2 heterocycles. The van der Waals surface area contributed by atoms with Gasteiger partial charge in [-0.1, -0.05) is 42.3 Å². The summed E-state index contributed by atoms with van der Waals surface area (Å²) < 4.78 is 11.8. The summed E-state index contributed by atoms with van der Waals surface area (Å²) in [6.45, 7) is 3.94. The highest BCUT2D eigenvalue weighted by atomic mass is 35.5. The Morgan fingerprint density at radius 3 is 2.66 bits per heavy atom. The molecule has 0 saturated carbocycles. The largest absolute Gasteiger partial charge is 0.492 e. The maximum absolute atomic E-state index is 11.5. The van der Waals surface area contributed by atoms with Crippen LogP contribution in [0, 0.1) is 5.41 Å². The Labute approximate surface area is 180 Å². The second-order valence-electron chi connectivity index (χ2n) is 7.77. The van der Waals surface area contributed by atoms with Crippen LogP contribution >= 0.6 is 23.2 Å². The first-order chi connectivity index (χ1) is 13.9. The van der Waals surface area contributed by atoms with E-state index in [1.54, 1.807) is 18.2 Å². The van der Waals surface area contributed by atoms with Crippen LogP contribution in [0.3, 0.4) is 0 Å². The Morgan fingerprint density at radius 1 is 1.28 bits per heavy atom. The molecule has 2 aromatic carbocycles. The second kappa shape index (κ2) is 8.05. The van der Waals surface area contributed by atoms with E-state index in [0.29, 0.717) is 41.9 Å². The van der Waals surface area contributed by atoms with Crippen molar-refractivity contribution in [2.24, 2.45) is 5.41 Å². The topological polar surface area (TPSA) is 59.0 Å². The van der Waals surface area contributed by atoms with Crippen LogP contribution in [0.2, 0.25) is 10.0 Å². The van der Waals surface area contributed by atoms with Gasteiger partial charge in [0.15, 0.2) is 0 Å². The highest BCUT2D eigenvalue weighted by Crippen LogP contribution is 2.39. The van der Waals surface area contributed by atoms with E-state index in [1.807, 2.05) is 25.1 Å². The van der Waals surface area contributed by atoms with Crippen LogP contribution in [0.15, 0.2) is 36.4 Å². The van der Waals surface area contributed by atoms with Gasteiger partial charge in [0, 0.05) is 40.8 Å². The van der Waals surface area contributed by atoms with Crippen molar-refractivity contribution >= 4 is 29.2 Å². The molecule has 4 rings (SSSR count). The lowest BCUT2D eigenvalue weighted by Gasteiger charge is -2.51. The maximum Gasteiger partial charge on any atom is 0.312 e. The van der Waals surface area contributed by atoms with Crippen molar-refractivity contribution in [2.75, 3.05) is 19.7 Å². The fourth-order valence-electron chi connectivity index (χ4n) is 3.99. The number of nitrogens with zero attached hydrogens (tertiary/aromatic N) is 1. The van der Waals surface area contributed by atoms with E-state index in [1.165, 1.54) is 0 Å². The number of carboxylic acids is 1. The molecule has 0 aromatic heterocycles. The molecule has 2 aliphatic heterocycles. The molecule has 1 N–H and O–H groups in total. The fraction of sp³-hybridized carbons (Fsp3) is 0.409. The molecule has 2 aromatic rings. The molecule has 154 valence electrons. The number of aliphatic carboxylic acids is 1. The molecule has 7 heteroatoms. The van der Waals surface area contributed by atoms with Gasteiger partial charge in [-0.05, 0) is 36.6 Å². The predicted molar refractivity (Wildman–Crippen MR) is 112 cm³/mol. The van der Waals surface area contributed by atoms with Gasteiger partial charge in [0.25, 0.3) is 0 Å². The van der Waals surface area contributed by atoms with Crippen molar-refractivity contribution in [3.63, 3.8) is 0 Å². The molecule has 0 spiro atoms. The van der Waals surface area contributed by atoms with E-state index in [9.17, 15) is 9.90 Å². The molecule has 0 radical (unpaired) electrons. The van der Waals surface area contributed by atoms with Crippen LogP contribution in [0.4, 0.5) is 0 Å². The van der Waals surface area contributed by atoms with E-state index >= 15 is 0 Å². The number of hydrogen-bond acceptors (Lipinski definition) is 4. The number of carbonyl (C=O) groups is 1. The molecule has 0 aliphatic carbocycles. The van der Waals surface area contributed by atoms with Crippen molar-refractivity contribution in [2.45, 2.75) is 32.4 Å². The summed E-state index contributed by atoms with van der Waals surface area (Å²) >= 11 is 12.4. The first-order valence-electron chi connectivity index (χ1n) is 9.71. The Kier molecular flexibility index (Phi) is 5.65. The molecule has 0 bridgehead atoms. The molecule has 1 saturated heterocycles. The van der Waals surface area contributed by atoms with Crippen LogP contribution in [0.5, 0.6) is 11.5 Å². The number of carboxylic acid groups (broad SMARTS) is 1. The van der Waals surface area contributed by atoms with E-state index in [4.69, 9.17) is 32.7 Å². The predicted octanol–water partition coefficient (Wildman–Crippen LogP) is 4.67. The summed E-state index contributed by atoms with van der Waals surface area (Å²) in [4.78, 5) is 13.7. The maximum atomic E-state index is 11.5. The van der Waals surface area contributed by atoms with Gasteiger partial charge in [-0.15, -0.1) is 0 Å². The van der Waals surface area contributed by atoms with Gasteiger partial charge in [0.05, 0.1) is 5.41 Å². The third-order valence-electron chi connectivity index (χ3n) is 6.03. The third kappa shape index (κ3) is 3.91. The van der Waals surface area contributed by atoms with Crippen molar-refractivity contribution in [3.8, 4) is 11.5 Å². The van der Waals surface area contributed by atoms with E-state index in [0.717, 1.165) is 23.3 Å². The van der Waals surface area contributed by atoms with Crippen molar-refractivity contribution in [1.29, 1.82) is 0 Å². The van der Waals surface area contributed by atoms with Gasteiger partial charge in [-0.25, -0.2) is 0 Å². The molecule has 29 heavy (non-hydrogen) atoms. The lowest BCUT2D eigenvalue weighted by molar-refractivity contribution is -0.164. The molecular weight excluding hydrogens is 413 g/mol. The summed E-state index contributed by atoms with van der Waals surface area (Å²) in [6.07, 6.45) is 1.49. The van der Waals surface area contributed by atoms with Crippen molar-refractivity contribution in [1.82, 2.24) is 4.90 Å². The SMILES string of the molecule is CCC1(C(=O)O)CN(C2COc3cc(OCc4c(Cl)cccc4Cl)ccc3C2)C1. The van der Waals surface area contributed by atoms with Crippen molar-refractivity contribution in [3.05, 3.63) is 57.6 Å². The first-order valence-corrected chi connectivity index (χ1v) is 10.5. The Morgan fingerprint density at radius 2 is 2.00 bits per heavy atom. The average molecular weight is 436 g/mol. The highest BCUT2D eigenvalue weighted by Gasteiger charge is 2.50. The smallest absolute Gasteiger partial charge is 0.312 e. The zero-order valence-corrected chi connectivity index (χ0v) is 17.7. The number of likely N-dealkylation sites (tertiary alicyclic amines) is 1. The van der Waals surface area contributed by atoms with E-state index < -0.39 is 11.4 Å². The Hall–Kier alpha value is -1.95. The summed E-state index contributed by atoms with van der Waals surface area (Å²) in [5.41, 5.74) is 1.26. The first kappa shape index (κ1) is 20.3. The fourth-order valence-corrected chi connectivity index (χ4v) is 4.49. The molecule has 0 amide bonds. The van der Waals surface area contributed by atoms with Crippen LogP contribution in [-0.2, 0) is 17.8 Å². The minimum Gasteiger partial charge on any atom is -0.492 e. The Balaban J connectivity index is 1.38. The number of halogens is 2. The minimum absolute atomic E-state index is 0.204. The number of hydrogen-bond donors (Lipinski definition) is 1. The number of ether oxygens (including phenoxy) is 2.